The van der Waals surface area contributed by atoms with Gasteiger partial charge in [0.15, 0.2) is 6.61 Å². The third-order valence-electron chi connectivity index (χ3n) is 4.04. The Balaban J connectivity index is 1.55. The Hall–Kier alpha value is -2.33. The van der Waals surface area contributed by atoms with Gasteiger partial charge in [0.2, 0.25) is 0 Å². The standard InChI is InChI=1S/C19H21NO3/c21-12-14-6-10-17(11-7-14)23-13-18(22)20-19(16-8-9-16)15-4-2-1-3-5-15/h1-7,10-11,16,19,21H,8-9,12-13H2,(H,20,22). The van der Waals surface area contributed by atoms with E-state index >= 15 is 0 Å². The predicted octanol–water partition coefficient (Wildman–Crippen LogP) is 2.83. The second-order valence-corrected chi connectivity index (χ2v) is 5.88. The average Bonchev–Trinajstić information content (AvgIpc) is 3.44. The first-order valence-electron chi connectivity index (χ1n) is 7.93. The van der Waals surface area contributed by atoms with E-state index in [9.17, 15) is 4.79 Å². The molecule has 23 heavy (non-hydrogen) atoms. The van der Waals surface area contributed by atoms with Gasteiger partial charge in [0.25, 0.3) is 5.91 Å². The monoisotopic (exact) mass is 311 g/mol. The van der Waals surface area contributed by atoms with Crippen LogP contribution in [0, 0.1) is 5.92 Å². The molecule has 1 saturated carbocycles. The van der Waals surface area contributed by atoms with E-state index in [-0.39, 0.29) is 25.2 Å². The van der Waals surface area contributed by atoms with E-state index in [1.807, 2.05) is 18.2 Å². The third kappa shape index (κ3) is 4.33. The van der Waals surface area contributed by atoms with Gasteiger partial charge in [-0.1, -0.05) is 42.5 Å². The van der Waals surface area contributed by atoms with Gasteiger partial charge in [0.1, 0.15) is 5.75 Å². The van der Waals surface area contributed by atoms with Crippen molar-refractivity contribution >= 4 is 5.91 Å². The first kappa shape index (κ1) is 15.6. The van der Waals surface area contributed by atoms with Crippen molar-refractivity contribution in [3.63, 3.8) is 0 Å². The van der Waals surface area contributed by atoms with E-state index in [0.717, 1.165) is 24.0 Å². The summed E-state index contributed by atoms with van der Waals surface area (Å²) in [5.74, 6) is 1.04. The summed E-state index contributed by atoms with van der Waals surface area (Å²) in [5, 5.41) is 12.1. The molecule has 1 aliphatic rings. The van der Waals surface area contributed by atoms with Crippen molar-refractivity contribution < 1.29 is 14.6 Å². The van der Waals surface area contributed by atoms with E-state index in [2.05, 4.69) is 17.4 Å². The van der Waals surface area contributed by atoms with Gasteiger partial charge >= 0.3 is 0 Å². The maximum Gasteiger partial charge on any atom is 0.258 e. The fraction of sp³-hybridized carbons (Fsp3) is 0.316. The minimum Gasteiger partial charge on any atom is -0.484 e. The zero-order valence-corrected chi connectivity index (χ0v) is 12.9. The van der Waals surface area contributed by atoms with Gasteiger partial charge in [-0.05, 0) is 42.0 Å². The van der Waals surface area contributed by atoms with Gasteiger partial charge in [-0.2, -0.15) is 0 Å². The Labute approximate surface area is 136 Å². The lowest BCUT2D eigenvalue weighted by atomic mass is 10.0. The summed E-state index contributed by atoms with van der Waals surface area (Å²) in [6, 6.07) is 17.2. The van der Waals surface area contributed by atoms with Crippen LogP contribution in [0.4, 0.5) is 0 Å². The number of aliphatic hydroxyl groups excluding tert-OH is 1. The largest absolute Gasteiger partial charge is 0.484 e. The highest BCUT2D eigenvalue weighted by Gasteiger charge is 2.33. The van der Waals surface area contributed by atoms with Gasteiger partial charge in [0, 0.05) is 0 Å². The van der Waals surface area contributed by atoms with E-state index < -0.39 is 0 Å². The fourth-order valence-corrected chi connectivity index (χ4v) is 2.62. The quantitative estimate of drug-likeness (QED) is 0.826. The lowest BCUT2D eigenvalue weighted by Gasteiger charge is -2.19. The minimum atomic E-state index is -0.114. The summed E-state index contributed by atoms with van der Waals surface area (Å²) in [4.78, 5) is 12.2. The van der Waals surface area contributed by atoms with Crippen molar-refractivity contribution in [3.8, 4) is 5.75 Å². The van der Waals surface area contributed by atoms with Crippen molar-refractivity contribution in [2.75, 3.05) is 6.61 Å². The van der Waals surface area contributed by atoms with E-state index in [1.165, 1.54) is 0 Å². The molecule has 1 aliphatic carbocycles. The zero-order valence-electron chi connectivity index (χ0n) is 12.9. The van der Waals surface area contributed by atoms with E-state index in [1.54, 1.807) is 24.3 Å². The van der Waals surface area contributed by atoms with Gasteiger partial charge in [-0.25, -0.2) is 0 Å². The third-order valence-corrected chi connectivity index (χ3v) is 4.04. The first-order valence-corrected chi connectivity index (χ1v) is 7.93. The smallest absolute Gasteiger partial charge is 0.258 e. The van der Waals surface area contributed by atoms with Crippen LogP contribution in [-0.4, -0.2) is 17.6 Å². The zero-order chi connectivity index (χ0) is 16.1. The van der Waals surface area contributed by atoms with Crippen molar-refractivity contribution in [1.82, 2.24) is 5.32 Å². The minimum absolute atomic E-state index is 0.000903. The van der Waals surface area contributed by atoms with Crippen LogP contribution in [-0.2, 0) is 11.4 Å². The van der Waals surface area contributed by atoms with Gasteiger partial charge in [0.05, 0.1) is 12.6 Å². The molecule has 1 fully saturated rings. The highest BCUT2D eigenvalue weighted by molar-refractivity contribution is 5.78. The summed E-state index contributed by atoms with van der Waals surface area (Å²) >= 11 is 0. The summed E-state index contributed by atoms with van der Waals surface area (Å²) in [5.41, 5.74) is 1.97. The Morgan fingerprint density at radius 1 is 1.13 bits per heavy atom. The van der Waals surface area contributed by atoms with E-state index in [4.69, 9.17) is 9.84 Å². The van der Waals surface area contributed by atoms with Gasteiger partial charge < -0.3 is 15.2 Å². The van der Waals surface area contributed by atoms with Crippen molar-refractivity contribution in [1.29, 1.82) is 0 Å². The van der Waals surface area contributed by atoms with E-state index in [0.29, 0.717) is 11.7 Å². The molecule has 0 spiro atoms. The highest BCUT2D eigenvalue weighted by atomic mass is 16.5. The number of rotatable bonds is 7. The average molecular weight is 311 g/mol. The molecule has 0 radical (unpaired) electrons. The molecule has 3 rings (SSSR count). The summed E-state index contributed by atoms with van der Waals surface area (Å²) in [6.07, 6.45) is 2.31. The molecule has 0 bridgehead atoms. The number of amides is 1. The molecular weight excluding hydrogens is 290 g/mol. The lowest BCUT2D eigenvalue weighted by molar-refractivity contribution is -0.124. The van der Waals surface area contributed by atoms with Crippen LogP contribution in [0.2, 0.25) is 0 Å². The molecule has 0 aliphatic heterocycles. The van der Waals surface area contributed by atoms with Crippen molar-refractivity contribution in [2.45, 2.75) is 25.5 Å². The normalized spacial score (nSPS) is 15.0. The summed E-state index contributed by atoms with van der Waals surface area (Å²) < 4.78 is 5.51. The lowest BCUT2D eigenvalue weighted by Crippen LogP contribution is -2.33. The van der Waals surface area contributed by atoms with Gasteiger partial charge in [-0.3, -0.25) is 4.79 Å². The van der Waals surface area contributed by atoms with Crippen LogP contribution in [0.15, 0.2) is 54.6 Å². The Kier molecular flexibility index (Phi) is 4.93. The topological polar surface area (TPSA) is 58.6 Å². The number of nitrogens with one attached hydrogen (secondary N) is 1. The van der Waals surface area contributed by atoms with Crippen LogP contribution in [0.25, 0.3) is 0 Å². The Morgan fingerprint density at radius 2 is 1.83 bits per heavy atom. The fourth-order valence-electron chi connectivity index (χ4n) is 2.62. The maximum atomic E-state index is 12.2. The number of benzene rings is 2. The molecule has 4 nitrogen and oxygen atoms in total. The summed E-state index contributed by atoms with van der Waals surface area (Å²) in [7, 11) is 0. The summed E-state index contributed by atoms with van der Waals surface area (Å²) in [6.45, 7) is -0.00453. The second kappa shape index (κ2) is 7.29. The molecule has 1 unspecified atom stereocenters. The van der Waals surface area contributed by atoms with Crippen LogP contribution in [0.5, 0.6) is 5.75 Å². The SMILES string of the molecule is O=C(COc1ccc(CO)cc1)NC(c1ccccc1)C1CC1. The van der Waals surface area contributed by atoms with Gasteiger partial charge in [-0.15, -0.1) is 0 Å². The van der Waals surface area contributed by atoms with Crippen LogP contribution in [0.3, 0.4) is 0 Å². The second-order valence-electron chi connectivity index (χ2n) is 5.88. The van der Waals surface area contributed by atoms with Crippen molar-refractivity contribution in [2.24, 2.45) is 5.92 Å². The molecule has 2 aromatic carbocycles. The molecule has 0 saturated heterocycles. The molecular formula is C19H21NO3. The molecule has 4 heteroatoms. The number of hydrogen-bond donors (Lipinski definition) is 2. The maximum absolute atomic E-state index is 12.2. The molecule has 0 aromatic heterocycles. The molecule has 0 heterocycles. The Morgan fingerprint density at radius 3 is 2.43 bits per heavy atom. The number of carbonyl (C=O) groups is 1. The predicted molar refractivity (Wildman–Crippen MR) is 87.9 cm³/mol. The molecule has 120 valence electrons. The number of ether oxygens (including phenoxy) is 1. The highest BCUT2D eigenvalue weighted by Crippen LogP contribution is 2.40. The van der Waals surface area contributed by atoms with Crippen LogP contribution < -0.4 is 10.1 Å². The first-order chi connectivity index (χ1) is 11.3. The number of hydrogen-bond acceptors (Lipinski definition) is 3. The molecule has 1 atom stereocenters. The number of carbonyl (C=O) groups excluding carboxylic acids is 1. The van der Waals surface area contributed by atoms with Crippen LogP contribution in [0.1, 0.15) is 30.0 Å². The molecule has 2 N–H and O–H groups in total. The molecule has 2 aromatic rings. The number of aliphatic hydroxyl groups is 1. The van der Waals surface area contributed by atoms with Crippen LogP contribution >= 0.6 is 0 Å². The van der Waals surface area contributed by atoms with Crippen molar-refractivity contribution in [3.05, 3.63) is 65.7 Å². The molecule has 1 amide bonds. The Bertz CT molecular complexity index is 635.